The van der Waals surface area contributed by atoms with Crippen molar-refractivity contribution in [2.75, 3.05) is 26.7 Å². The van der Waals surface area contributed by atoms with Crippen molar-refractivity contribution < 1.29 is 33.8 Å². The molecule has 1 N–H and O–H groups in total. The zero-order chi connectivity index (χ0) is 33.2. The van der Waals surface area contributed by atoms with Crippen molar-refractivity contribution in [2.45, 2.75) is 95.2 Å². The van der Waals surface area contributed by atoms with E-state index < -0.39 is 59.6 Å². The molecule has 11 heteroatoms. The first-order valence-corrected chi connectivity index (χ1v) is 17.3. The van der Waals surface area contributed by atoms with Crippen LogP contribution in [0.4, 0.5) is 0 Å². The van der Waals surface area contributed by atoms with Gasteiger partial charge in [-0.1, -0.05) is 85.1 Å². The summed E-state index contributed by atoms with van der Waals surface area (Å²) in [4.78, 5) is 61.7. The lowest BCUT2D eigenvalue weighted by molar-refractivity contribution is -0.164. The number of fused-ring (bicyclic) bond motifs is 2. The molecule has 0 unspecified atom stereocenters. The Morgan fingerprint density at radius 1 is 1.04 bits per heavy atom. The number of rotatable bonds is 8. The van der Waals surface area contributed by atoms with Crippen LogP contribution in [0.5, 0.6) is 0 Å². The molecule has 0 aliphatic carbocycles. The maximum absolute atomic E-state index is 14.7. The number of aliphatic hydroxyl groups is 1. The number of allylic oxidation sites excluding steroid dienone is 1. The van der Waals surface area contributed by atoms with Crippen LogP contribution in [0.3, 0.4) is 0 Å². The summed E-state index contributed by atoms with van der Waals surface area (Å²) in [6.07, 6.45) is 7.82. The number of cyclic esters (lactones) is 1. The molecule has 4 aliphatic heterocycles. The molecule has 5 rings (SSSR count). The van der Waals surface area contributed by atoms with Crippen LogP contribution >= 0.6 is 15.9 Å². The van der Waals surface area contributed by atoms with Crippen molar-refractivity contribution in [3.05, 3.63) is 58.6 Å². The Hall–Kier alpha value is -3.02. The maximum atomic E-state index is 14.7. The van der Waals surface area contributed by atoms with Gasteiger partial charge in [-0.25, -0.2) is 0 Å². The number of halogens is 1. The molecule has 10 nitrogen and oxygen atoms in total. The third kappa shape index (κ3) is 6.06. The number of ether oxygens (including phenoxy) is 2. The Morgan fingerprint density at radius 3 is 2.46 bits per heavy atom. The highest BCUT2D eigenvalue weighted by molar-refractivity contribution is 9.11. The number of hydrogen-bond donors (Lipinski definition) is 1. The van der Waals surface area contributed by atoms with Gasteiger partial charge in [0, 0.05) is 31.0 Å². The minimum absolute atomic E-state index is 0.0956. The van der Waals surface area contributed by atoms with Gasteiger partial charge in [-0.3, -0.25) is 19.2 Å². The molecule has 2 fully saturated rings. The number of likely N-dealkylation sites (N-methyl/N-ethyl adjacent to an activating group) is 1. The Labute approximate surface area is 279 Å². The van der Waals surface area contributed by atoms with Gasteiger partial charge in [-0.2, -0.15) is 0 Å². The lowest BCUT2D eigenvalue weighted by Gasteiger charge is -2.38. The summed E-state index contributed by atoms with van der Waals surface area (Å²) < 4.78 is 13.5. The Bertz CT molecular complexity index is 1360. The fourth-order valence-electron chi connectivity index (χ4n) is 7.45. The molecule has 1 aromatic rings. The van der Waals surface area contributed by atoms with Crippen molar-refractivity contribution in [3.63, 3.8) is 0 Å². The maximum Gasteiger partial charge on any atom is 0.313 e. The van der Waals surface area contributed by atoms with Gasteiger partial charge in [-0.05, 0) is 37.8 Å². The fraction of sp³-hybridized carbons (Fsp3) is 0.600. The minimum atomic E-state index is -1.41. The zero-order valence-corrected chi connectivity index (χ0v) is 28.7. The van der Waals surface area contributed by atoms with Crippen LogP contribution in [0.25, 0.3) is 0 Å². The predicted molar refractivity (Wildman–Crippen MR) is 175 cm³/mol. The van der Waals surface area contributed by atoms with Crippen LogP contribution in [0.2, 0.25) is 0 Å². The highest BCUT2D eigenvalue weighted by Crippen LogP contribution is 2.59. The summed E-state index contributed by atoms with van der Waals surface area (Å²) >= 11 is 3.60. The van der Waals surface area contributed by atoms with Crippen LogP contribution in [-0.4, -0.2) is 100 Å². The van der Waals surface area contributed by atoms with Gasteiger partial charge in [0.1, 0.15) is 29.8 Å². The predicted octanol–water partition coefficient (Wildman–Crippen LogP) is 4.13. The van der Waals surface area contributed by atoms with E-state index in [-0.39, 0.29) is 24.8 Å². The largest absolute Gasteiger partial charge is 0.455 e. The molecule has 4 heterocycles. The molecule has 3 amide bonds. The minimum Gasteiger partial charge on any atom is -0.455 e. The topological polar surface area (TPSA) is 117 Å². The van der Waals surface area contributed by atoms with Crippen LogP contribution in [0.1, 0.15) is 71.0 Å². The van der Waals surface area contributed by atoms with Gasteiger partial charge in [0.2, 0.25) is 17.7 Å². The van der Waals surface area contributed by atoms with E-state index in [1.165, 1.54) is 4.90 Å². The smallest absolute Gasteiger partial charge is 0.313 e. The van der Waals surface area contributed by atoms with Crippen LogP contribution in [-0.2, 0) is 28.7 Å². The second kappa shape index (κ2) is 14.4. The number of amides is 3. The summed E-state index contributed by atoms with van der Waals surface area (Å²) in [5.41, 5.74) is -0.693. The molecule has 0 saturated carbocycles. The van der Waals surface area contributed by atoms with Crippen molar-refractivity contribution >= 4 is 39.6 Å². The third-order valence-corrected chi connectivity index (χ3v) is 10.8. The molecule has 8 atom stereocenters. The van der Waals surface area contributed by atoms with E-state index in [1.807, 2.05) is 56.3 Å². The highest BCUT2D eigenvalue weighted by atomic mass is 79.9. The molecule has 0 aromatic heterocycles. The average Bonchev–Trinajstić information content (AvgIpc) is 3.65. The number of nitrogens with zero attached hydrogens (tertiary/aromatic N) is 3. The lowest BCUT2D eigenvalue weighted by atomic mass is 9.74. The molecule has 4 aliphatic rings. The SMILES string of the molecule is CCCCCN1C/C=C\CCC(=O)N(C)[C@H](C)[C@@H](c2ccccc2)OC(=O)[C@@H]2[C@H]3O[C@@]4(C=C3Br)[C@H](C1=O)N([C@@H](CC)CO)C(=O)[C@@H]24. The van der Waals surface area contributed by atoms with Crippen LogP contribution in [0, 0.1) is 11.8 Å². The molecule has 2 saturated heterocycles. The average molecular weight is 701 g/mol. The van der Waals surface area contributed by atoms with Gasteiger partial charge in [-0.15, -0.1) is 0 Å². The fourth-order valence-corrected chi connectivity index (χ4v) is 8.19. The highest BCUT2D eigenvalue weighted by Gasteiger charge is 2.75. The first-order chi connectivity index (χ1) is 22.1. The number of hydrogen-bond acceptors (Lipinski definition) is 7. The number of carbonyl (C=O) groups excluding carboxylic acids is 4. The van der Waals surface area contributed by atoms with Gasteiger partial charge in [0.15, 0.2) is 0 Å². The summed E-state index contributed by atoms with van der Waals surface area (Å²) in [6, 6.07) is 7.05. The van der Waals surface area contributed by atoms with E-state index in [0.717, 1.165) is 24.8 Å². The number of carbonyl (C=O) groups is 4. The zero-order valence-electron chi connectivity index (χ0n) is 27.1. The van der Waals surface area contributed by atoms with E-state index in [9.17, 15) is 24.3 Å². The van der Waals surface area contributed by atoms with Crippen molar-refractivity contribution in [1.82, 2.24) is 14.7 Å². The molecular weight excluding hydrogens is 654 g/mol. The summed E-state index contributed by atoms with van der Waals surface area (Å²) in [7, 11) is 1.71. The quantitative estimate of drug-likeness (QED) is 0.247. The number of unbranched alkanes of at least 4 members (excludes halogenated alkanes) is 2. The standard InChI is InChI=1S/C35H46BrN3O7/c1-5-7-13-18-38-19-14-9-12-17-26(41)37(4)22(3)29(23-15-10-8-11-16-23)45-34(44)27-28-32(42)39(24(6-2)21-40)31(33(38)43)35(28)20-25(36)30(27)46-35/h8-11,14-16,20,22,24,27-31,40H,5-7,12-13,17-19,21H2,1-4H3/b14-9-/t22-,24+,27+,28-,29+,30+,31+,35-/m1/s1. The lowest BCUT2D eigenvalue weighted by Crippen LogP contribution is -2.58. The Balaban J connectivity index is 1.63. The normalized spacial score (nSPS) is 33.3. The third-order valence-electron chi connectivity index (χ3n) is 10.1. The molecule has 46 heavy (non-hydrogen) atoms. The van der Waals surface area contributed by atoms with Crippen molar-refractivity contribution in [2.24, 2.45) is 11.8 Å². The van der Waals surface area contributed by atoms with E-state index in [2.05, 4.69) is 22.9 Å². The van der Waals surface area contributed by atoms with Gasteiger partial charge in [0.25, 0.3) is 0 Å². The van der Waals surface area contributed by atoms with E-state index >= 15 is 0 Å². The molecule has 1 spiro atoms. The second-order valence-electron chi connectivity index (χ2n) is 12.8. The van der Waals surface area contributed by atoms with Crippen LogP contribution in [0.15, 0.2) is 53.0 Å². The van der Waals surface area contributed by atoms with E-state index in [1.54, 1.807) is 22.9 Å². The van der Waals surface area contributed by atoms with Gasteiger partial charge < -0.3 is 29.3 Å². The number of likely N-dealkylation sites (tertiary alicyclic amines) is 1. The first kappa shape index (κ1) is 34.3. The summed E-state index contributed by atoms with van der Waals surface area (Å²) in [5, 5.41) is 10.4. The van der Waals surface area contributed by atoms with Gasteiger partial charge in [0.05, 0.1) is 24.6 Å². The van der Waals surface area contributed by atoms with Crippen LogP contribution < -0.4 is 0 Å². The first-order valence-electron chi connectivity index (χ1n) is 16.5. The van der Waals surface area contributed by atoms with Gasteiger partial charge >= 0.3 is 5.97 Å². The van der Waals surface area contributed by atoms with Crippen molar-refractivity contribution in [1.29, 1.82) is 0 Å². The molecule has 1 aromatic carbocycles. The Morgan fingerprint density at radius 2 is 1.78 bits per heavy atom. The second-order valence-corrected chi connectivity index (χ2v) is 13.7. The Kier molecular flexibility index (Phi) is 10.7. The molecular formula is C35H46BrN3O7. The number of aliphatic hydroxyl groups excluding tert-OH is 1. The summed E-state index contributed by atoms with van der Waals surface area (Å²) in [5.74, 6) is -3.47. The summed E-state index contributed by atoms with van der Waals surface area (Å²) in [6.45, 7) is 6.25. The number of esters is 1. The van der Waals surface area contributed by atoms with E-state index in [4.69, 9.17) is 9.47 Å². The molecule has 0 radical (unpaired) electrons. The molecule has 5 bridgehead atoms. The number of benzene rings is 1. The van der Waals surface area contributed by atoms with Crippen molar-refractivity contribution in [3.8, 4) is 0 Å². The monoisotopic (exact) mass is 699 g/mol. The van der Waals surface area contributed by atoms with E-state index in [0.29, 0.717) is 30.4 Å². The molecule has 250 valence electrons.